The van der Waals surface area contributed by atoms with Gasteiger partial charge in [0.25, 0.3) is 0 Å². The number of carbonyl (C=O) groups excluding carboxylic acids is 1. The molecule has 4 heteroatoms. The number of rotatable bonds is 5. The molecule has 1 fully saturated rings. The Balaban J connectivity index is 2.31. The van der Waals surface area contributed by atoms with Crippen molar-refractivity contribution < 1.29 is 9.53 Å². The normalized spacial score (nSPS) is 23.4. The molecule has 1 aliphatic heterocycles. The molecular weight excluding hydrogens is 240 g/mol. The lowest BCUT2D eigenvalue weighted by Gasteiger charge is -2.25. The predicted molar refractivity (Wildman–Crippen MR) is 77.9 cm³/mol. The highest BCUT2D eigenvalue weighted by Gasteiger charge is 2.29. The second-order valence-electron chi connectivity index (χ2n) is 6.87. The van der Waals surface area contributed by atoms with Crippen molar-refractivity contribution in [1.29, 1.82) is 0 Å². The number of nitrogens with zero attached hydrogens (tertiary/aromatic N) is 1. The van der Waals surface area contributed by atoms with Gasteiger partial charge in [0.05, 0.1) is 7.11 Å². The van der Waals surface area contributed by atoms with Crippen LogP contribution in [0, 0.1) is 5.41 Å². The fraction of sp³-hybridized carbons (Fsp3) is 0.933. The molecule has 2 N–H and O–H groups in total. The van der Waals surface area contributed by atoms with Gasteiger partial charge in [-0.3, -0.25) is 4.79 Å². The molecule has 1 rings (SSSR count). The first-order valence-electron chi connectivity index (χ1n) is 7.36. The van der Waals surface area contributed by atoms with Gasteiger partial charge in [-0.2, -0.15) is 0 Å². The van der Waals surface area contributed by atoms with E-state index < -0.39 is 5.54 Å². The van der Waals surface area contributed by atoms with Crippen molar-refractivity contribution in [1.82, 2.24) is 4.90 Å². The Morgan fingerprint density at radius 3 is 2.68 bits per heavy atom. The third-order valence-corrected chi connectivity index (χ3v) is 4.25. The number of carbonyl (C=O) groups is 1. The molecule has 1 heterocycles. The second-order valence-corrected chi connectivity index (χ2v) is 6.87. The summed E-state index contributed by atoms with van der Waals surface area (Å²) in [6, 6.07) is 0. The SMILES string of the molecule is COC(=O)C(C)(N)CCCN1CCCC(C)(C)CC1. The number of hydrogen-bond donors (Lipinski definition) is 1. The zero-order valence-electron chi connectivity index (χ0n) is 13.0. The van der Waals surface area contributed by atoms with E-state index in [9.17, 15) is 4.79 Å². The molecule has 0 bridgehead atoms. The van der Waals surface area contributed by atoms with Crippen molar-refractivity contribution in [2.75, 3.05) is 26.7 Å². The molecule has 4 nitrogen and oxygen atoms in total. The molecule has 0 aromatic heterocycles. The van der Waals surface area contributed by atoms with Gasteiger partial charge < -0.3 is 15.4 Å². The predicted octanol–water partition coefficient (Wildman–Crippen LogP) is 2.17. The number of ether oxygens (including phenoxy) is 1. The first-order chi connectivity index (χ1) is 8.77. The minimum absolute atomic E-state index is 0.315. The van der Waals surface area contributed by atoms with Crippen LogP contribution in [-0.4, -0.2) is 43.2 Å². The molecule has 0 aromatic carbocycles. The van der Waals surface area contributed by atoms with E-state index in [1.165, 1.54) is 32.9 Å². The summed E-state index contributed by atoms with van der Waals surface area (Å²) >= 11 is 0. The number of likely N-dealkylation sites (tertiary alicyclic amines) is 1. The van der Waals surface area contributed by atoms with Gasteiger partial charge in [-0.15, -0.1) is 0 Å². The van der Waals surface area contributed by atoms with Crippen LogP contribution in [0.3, 0.4) is 0 Å². The maximum Gasteiger partial charge on any atom is 0.325 e. The molecule has 1 saturated heterocycles. The van der Waals surface area contributed by atoms with Gasteiger partial charge in [-0.05, 0) is 64.1 Å². The highest BCUT2D eigenvalue weighted by molar-refractivity contribution is 5.79. The van der Waals surface area contributed by atoms with Crippen molar-refractivity contribution in [3.8, 4) is 0 Å². The van der Waals surface area contributed by atoms with Crippen LogP contribution in [0.25, 0.3) is 0 Å². The average molecular weight is 270 g/mol. The number of hydrogen-bond acceptors (Lipinski definition) is 4. The van der Waals surface area contributed by atoms with Crippen molar-refractivity contribution in [2.45, 2.75) is 58.4 Å². The van der Waals surface area contributed by atoms with Crippen LogP contribution >= 0.6 is 0 Å². The molecule has 112 valence electrons. The summed E-state index contributed by atoms with van der Waals surface area (Å²) in [5.74, 6) is -0.315. The van der Waals surface area contributed by atoms with Crippen molar-refractivity contribution >= 4 is 5.97 Å². The molecule has 19 heavy (non-hydrogen) atoms. The summed E-state index contributed by atoms with van der Waals surface area (Å²) in [6.07, 6.45) is 5.45. The molecule has 1 atom stereocenters. The van der Waals surface area contributed by atoms with Crippen LogP contribution in [0.5, 0.6) is 0 Å². The Bertz CT molecular complexity index is 301. The molecule has 1 unspecified atom stereocenters. The maximum atomic E-state index is 11.5. The van der Waals surface area contributed by atoms with E-state index in [1.807, 2.05) is 0 Å². The molecule has 0 aliphatic carbocycles. The lowest BCUT2D eigenvalue weighted by molar-refractivity contribution is -0.146. The summed E-state index contributed by atoms with van der Waals surface area (Å²) in [4.78, 5) is 14.0. The molecule has 1 aliphatic rings. The van der Waals surface area contributed by atoms with Gasteiger partial charge in [0.1, 0.15) is 5.54 Å². The zero-order chi connectivity index (χ0) is 14.5. The Morgan fingerprint density at radius 1 is 1.37 bits per heavy atom. The zero-order valence-corrected chi connectivity index (χ0v) is 13.0. The van der Waals surface area contributed by atoms with Gasteiger partial charge in [0.15, 0.2) is 0 Å². The minimum Gasteiger partial charge on any atom is -0.468 e. The fourth-order valence-corrected chi connectivity index (χ4v) is 2.71. The first-order valence-corrected chi connectivity index (χ1v) is 7.36. The van der Waals surface area contributed by atoms with Gasteiger partial charge in [-0.1, -0.05) is 13.8 Å². The van der Waals surface area contributed by atoms with Crippen molar-refractivity contribution in [3.63, 3.8) is 0 Å². The molecule has 0 saturated carbocycles. The number of nitrogens with two attached hydrogens (primary N) is 1. The Morgan fingerprint density at radius 2 is 2.05 bits per heavy atom. The molecule has 0 amide bonds. The smallest absolute Gasteiger partial charge is 0.325 e. The van der Waals surface area contributed by atoms with Crippen LogP contribution < -0.4 is 5.73 Å². The molecular formula is C15H30N2O2. The van der Waals surface area contributed by atoms with Crippen LogP contribution in [-0.2, 0) is 9.53 Å². The molecule has 0 spiro atoms. The van der Waals surface area contributed by atoms with Crippen LogP contribution in [0.4, 0.5) is 0 Å². The van der Waals surface area contributed by atoms with E-state index in [2.05, 4.69) is 18.7 Å². The summed E-state index contributed by atoms with van der Waals surface area (Å²) in [7, 11) is 1.39. The highest BCUT2D eigenvalue weighted by atomic mass is 16.5. The van der Waals surface area contributed by atoms with E-state index in [0.29, 0.717) is 11.8 Å². The molecule has 0 radical (unpaired) electrons. The fourth-order valence-electron chi connectivity index (χ4n) is 2.71. The Labute approximate surface area is 117 Å². The van der Waals surface area contributed by atoms with Crippen LogP contribution in [0.15, 0.2) is 0 Å². The van der Waals surface area contributed by atoms with E-state index in [1.54, 1.807) is 6.92 Å². The standard InChI is InChI=1S/C15H30N2O2/c1-14(2)7-5-10-17(12-9-14)11-6-8-15(3,16)13(18)19-4/h5-12,16H2,1-4H3. The van der Waals surface area contributed by atoms with Crippen molar-refractivity contribution in [3.05, 3.63) is 0 Å². The average Bonchev–Trinajstić information content (AvgIpc) is 2.49. The Kier molecular flexibility index (Phi) is 5.81. The van der Waals surface area contributed by atoms with Crippen LogP contribution in [0.1, 0.15) is 52.9 Å². The van der Waals surface area contributed by atoms with Gasteiger partial charge >= 0.3 is 5.97 Å². The van der Waals surface area contributed by atoms with Gasteiger partial charge in [-0.25, -0.2) is 0 Å². The lowest BCUT2D eigenvalue weighted by Crippen LogP contribution is -2.46. The summed E-state index contributed by atoms with van der Waals surface area (Å²) in [6.45, 7) is 9.81. The van der Waals surface area contributed by atoms with E-state index in [0.717, 1.165) is 19.5 Å². The number of methoxy groups -OCH3 is 1. The topological polar surface area (TPSA) is 55.6 Å². The quantitative estimate of drug-likeness (QED) is 0.778. The summed E-state index contributed by atoms with van der Waals surface area (Å²) in [5, 5.41) is 0. The third-order valence-electron chi connectivity index (χ3n) is 4.25. The third kappa shape index (κ3) is 5.49. The van der Waals surface area contributed by atoms with Crippen molar-refractivity contribution in [2.24, 2.45) is 11.1 Å². The summed E-state index contributed by atoms with van der Waals surface area (Å²) in [5.41, 5.74) is 5.60. The highest BCUT2D eigenvalue weighted by Crippen LogP contribution is 2.29. The monoisotopic (exact) mass is 270 g/mol. The first kappa shape index (κ1) is 16.4. The van der Waals surface area contributed by atoms with E-state index >= 15 is 0 Å². The number of esters is 1. The van der Waals surface area contributed by atoms with Crippen LogP contribution in [0.2, 0.25) is 0 Å². The Hall–Kier alpha value is -0.610. The maximum absolute atomic E-state index is 11.5. The van der Waals surface area contributed by atoms with E-state index in [-0.39, 0.29) is 5.97 Å². The molecule has 0 aromatic rings. The minimum atomic E-state index is -0.847. The largest absolute Gasteiger partial charge is 0.468 e. The lowest BCUT2D eigenvalue weighted by atomic mass is 9.85. The van der Waals surface area contributed by atoms with Gasteiger partial charge in [0, 0.05) is 0 Å². The summed E-state index contributed by atoms with van der Waals surface area (Å²) < 4.78 is 4.73. The van der Waals surface area contributed by atoms with Gasteiger partial charge in [0.2, 0.25) is 0 Å². The van der Waals surface area contributed by atoms with E-state index in [4.69, 9.17) is 10.5 Å². The second kappa shape index (κ2) is 6.71.